The third-order valence-electron chi connectivity index (χ3n) is 4.96. The minimum atomic E-state index is -0.469. The van der Waals surface area contributed by atoms with E-state index in [0.717, 1.165) is 35.0 Å². The second-order valence-corrected chi connectivity index (χ2v) is 9.89. The zero-order valence-corrected chi connectivity index (χ0v) is 18.7. The normalized spacial score (nSPS) is 14.4. The molecule has 1 unspecified atom stereocenters. The molecule has 152 valence electrons. The topological polar surface area (TPSA) is 62.3 Å². The predicted molar refractivity (Wildman–Crippen MR) is 119 cm³/mol. The van der Waals surface area contributed by atoms with Gasteiger partial charge in [0, 0.05) is 23.3 Å². The van der Waals surface area contributed by atoms with Gasteiger partial charge in [-0.2, -0.15) is 0 Å². The Bertz CT molecular complexity index is 977. The number of nitrogens with one attached hydrogen (secondary N) is 1. The summed E-state index contributed by atoms with van der Waals surface area (Å²) in [5.41, 5.74) is 1.99. The van der Waals surface area contributed by atoms with Gasteiger partial charge >= 0.3 is 0 Å². The highest BCUT2D eigenvalue weighted by molar-refractivity contribution is 7.20. The molecule has 4 rings (SSSR count). The van der Waals surface area contributed by atoms with Gasteiger partial charge in [-0.05, 0) is 41.3 Å². The van der Waals surface area contributed by atoms with E-state index in [4.69, 9.17) is 0 Å². The summed E-state index contributed by atoms with van der Waals surface area (Å²) in [5.74, 6) is -0.123. The Kier molecular flexibility index (Phi) is 6.42. The Labute approximate surface area is 182 Å². The van der Waals surface area contributed by atoms with Crippen molar-refractivity contribution in [2.24, 2.45) is 0 Å². The van der Waals surface area contributed by atoms with Crippen molar-refractivity contribution in [3.8, 4) is 9.88 Å². The predicted octanol–water partition coefficient (Wildman–Crippen LogP) is 4.35. The van der Waals surface area contributed by atoms with Crippen LogP contribution in [0.2, 0.25) is 0 Å². The molecule has 5 nitrogen and oxygen atoms in total. The molecule has 0 radical (unpaired) electrons. The monoisotopic (exact) mass is 445 g/mol. The SMILES string of the molecule is CCCC(NC(=O)Cc1csc(-c2cccs2)n1)C(=O)N1CCc2sccc2C1. The molecule has 0 spiro atoms. The van der Waals surface area contributed by atoms with Crippen LogP contribution in [-0.2, 0) is 29.0 Å². The molecule has 1 atom stereocenters. The van der Waals surface area contributed by atoms with E-state index < -0.39 is 6.04 Å². The van der Waals surface area contributed by atoms with Crippen molar-refractivity contribution in [1.29, 1.82) is 0 Å². The lowest BCUT2D eigenvalue weighted by Crippen LogP contribution is -2.50. The van der Waals surface area contributed by atoms with Gasteiger partial charge in [-0.25, -0.2) is 4.98 Å². The lowest BCUT2D eigenvalue weighted by atomic mass is 10.1. The highest BCUT2D eigenvalue weighted by Gasteiger charge is 2.28. The van der Waals surface area contributed by atoms with Crippen molar-refractivity contribution in [3.63, 3.8) is 0 Å². The third kappa shape index (κ3) is 4.76. The van der Waals surface area contributed by atoms with E-state index in [1.165, 1.54) is 10.4 Å². The van der Waals surface area contributed by atoms with Crippen LogP contribution in [0.25, 0.3) is 9.88 Å². The quantitative estimate of drug-likeness (QED) is 0.588. The standard InChI is InChI=1S/C21H23N3O2S3/c1-2-4-16(21(26)24-8-6-17-14(12-24)7-10-28-17)23-19(25)11-15-13-29-20(22-15)18-5-3-9-27-18/h3,5,7,9-10,13,16H,2,4,6,8,11-12H2,1H3,(H,23,25). The molecule has 0 bridgehead atoms. The lowest BCUT2D eigenvalue weighted by molar-refractivity contribution is -0.137. The summed E-state index contributed by atoms with van der Waals surface area (Å²) < 4.78 is 0. The van der Waals surface area contributed by atoms with Crippen molar-refractivity contribution < 1.29 is 9.59 Å². The lowest BCUT2D eigenvalue weighted by Gasteiger charge is -2.30. The molecule has 8 heteroatoms. The number of hydrogen-bond donors (Lipinski definition) is 1. The molecule has 3 aromatic rings. The highest BCUT2D eigenvalue weighted by Crippen LogP contribution is 2.28. The van der Waals surface area contributed by atoms with E-state index in [9.17, 15) is 9.59 Å². The number of amides is 2. The van der Waals surface area contributed by atoms with Crippen molar-refractivity contribution in [3.05, 3.63) is 50.5 Å². The van der Waals surface area contributed by atoms with Crippen LogP contribution in [-0.4, -0.2) is 34.3 Å². The molecule has 0 fully saturated rings. The van der Waals surface area contributed by atoms with E-state index >= 15 is 0 Å². The molecule has 1 N–H and O–H groups in total. The van der Waals surface area contributed by atoms with Crippen molar-refractivity contribution in [2.75, 3.05) is 6.54 Å². The second kappa shape index (κ2) is 9.19. The Morgan fingerprint density at radius 3 is 2.93 bits per heavy atom. The van der Waals surface area contributed by atoms with Crippen molar-refractivity contribution in [2.45, 2.75) is 45.2 Å². The van der Waals surface area contributed by atoms with Gasteiger partial charge < -0.3 is 10.2 Å². The molecule has 29 heavy (non-hydrogen) atoms. The van der Waals surface area contributed by atoms with Crippen molar-refractivity contribution in [1.82, 2.24) is 15.2 Å². The van der Waals surface area contributed by atoms with Crippen LogP contribution in [0, 0.1) is 0 Å². The van der Waals surface area contributed by atoms with Crippen LogP contribution < -0.4 is 5.32 Å². The van der Waals surface area contributed by atoms with Crippen LogP contribution >= 0.6 is 34.0 Å². The van der Waals surface area contributed by atoms with Gasteiger partial charge in [0.2, 0.25) is 11.8 Å². The largest absolute Gasteiger partial charge is 0.344 e. The first-order valence-electron chi connectivity index (χ1n) is 9.75. The van der Waals surface area contributed by atoms with Gasteiger partial charge in [-0.3, -0.25) is 9.59 Å². The summed E-state index contributed by atoms with van der Waals surface area (Å²) in [4.78, 5) is 34.6. The van der Waals surface area contributed by atoms with Gasteiger partial charge in [0.05, 0.1) is 17.0 Å². The molecule has 1 aliphatic heterocycles. The summed E-state index contributed by atoms with van der Waals surface area (Å²) >= 11 is 4.94. The Balaban J connectivity index is 1.37. The van der Waals surface area contributed by atoms with Gasteiger partial charge in [0.25, 0.3) is 0 Å². The zero-order chi connectivity index (χ0) is 20.2. The maximum atomic E-state index is 13.1. The second-order valence-electron chi connectivity index (χ2n) is 7.09. The molecule has 4 heterocycles. The van der Waals surface area contributed by atoms with E-state index in [-0.39, 0.29) is 18.2 Å². The van der Waals surface area contributed by atoms with Crippen LogP contribution in [0.5, 0.6) is 0 Å². The first-order valence-corrected chi connectivity index (χ1v) is 12.4. The number of carbonyl (C=O) groups is 2. The summed E-state index contributed by atoms with van der Waals surface area (Å²) in [6.45, 7) is 3.40. The maximum absolute atomic E-state index is 13.1. The Morgan fingerprint density at radius 1 is 1.24 bits per heavy atom. The molecule has 3 aromatic heterocycles. The minimum Gasteiger partial charge on any atom is -0.344 e. The Hall–Kier alpha value is -2.03. The third-order valence-corrected chi connectivity index (χ3v) is 7.91. The van der Waals surface area contributed by atoms with E-state index in [2.05, 4.69) is 21.7 Å². The van der Waals surface area contributed by atoms with Crippen molar-refractivity contribution >= 4 is 45.8 Å². The summed E-state index contributed by atoms with van der Waals surface area (Å²) in [6, 6.07) is 5.65. The molecule has 1 aliphatic rings. The van der Waals surface area contributed by atoms with Crippen LogP contribution in [0.3, 0.4) is 0 Å². The molecule has 2 amide bonds. The summed E-state index contributed by atoms with van der Waals surface area (Å²) in [5, 5.41) is 9.93. The van der Waals surface area contributed by atoms with Crippen LogP contribution in [0.15, 0.2) is 34.3 Å². The number of thiazole rings is 1. The minimum absolute atomic E-state index is 0.0228. The zero-order valence-electron chi connectivity index (χ0n) is 16.2. The fourth-order valence-corrected chi connectivity index (χ4v) is 6.04. The fraction of sp³-hybridized carbons (Fsp3) is 0.381. The van der Waals surface area contributed by atoms with E-state index in [1.54, 1.807) is 34.0 Å². The number of fused-ring (bicyclic) bond motifs is 1. The molecule has 0 aromatic carbocycles. The average Bonchev–Trinajstić information content (AvgIpc) is 3.47. The number of carbonyl (C=O) groups excluding carboxylic acids is 2. The first-order chi connectivity index (χ1) is 14.1. The maximum Gasteiger partial charge on any atom is 0.245 e. The molecule has 0 saturated heterocycles. The molecule has 0 saturated carbocycles. The first kappa shape index (κ1) is 20.3. The van der Waals surface area contributed by atoms with Gasteiger partial charge in [0.1, 0.15) is 11.0 Å². The van der Waals surface area contributed by atoms with Gasteiger partial charge in [-0.15, -0.1) is 34.0 Å². The number of aromatic nitrogens is 1. The smallest absolute Gasteiger partial charge is 0.245 e. The van der Waals surface area contributed by atoms with Gasteiger partial charge in [0.15, 0.2) is 0 Å². The number of thiophene rings is 2. The molecular weight excluding hydrogens is 422 g/mol. The van der Waals surface area contributed by atoms with Gasteiger partial charge in [-0.1, -0.05) is 19.4 Å². The van der Waals surface area contributed by atoms with Crippen LogP contribution in [0.1, 0.15) is 35.9 Å². The Morgan fingerprint density at radius 2 is 2.14 bits per heavy atom. The average molecular weight is 446 g/mol. The number of rotatable bonds is 7. The summed E-state index contributed by atoms with van der Waals surface area (Å²) in [6.07, 6.45) is 2.59. The number of hydrogen-bond acceptors (Lipinski definition) is 6. The van der Waals surface area contributed by atoms with Crippen LogP contribution in [0.4, 0.5) is 0 Å². The summed E-state index contributed by atoms with van der Waals surface area (Å²) in [7, 11) is 0. The highest BCUT2D eigenvalue weighted by atomic mass is 32.1. The van der Waals surface area contributed by atoms with E-state index in [1.807, 2.05) is 34.7 Å². The van der Waals surface area contributed by atoms with E-state index in [0.29, 0.717) is 13.0 Å². The molecule has 0 aliphatic carbocycles. The molecular formula is C21H23N3O2S3. The fourth-order valence-electron chi connectivity index (χ4n) is 3.51. The number of nitrogens with zero attached hydrogens (tertiary/aromatic N) is 2.